The number of carbonyl (C=O) groups is 2. The van der Waals surface area contributed by atoms with Crippen LogP contribution in [0.5, 0.6) is 17.2 Å². The molecule has 1 fully saturated rings. The van der Waals surface area contributed by atoms with Gasteiger partial charge >= 0.3 is 5.97 Å². The Labute approximate surface area is 255 Å². The van der Waals surface area contributed by atoms with E-state index in [0.717, 1.165) is 29.7 Å². The van der Waals surface area contributed by atoms with E-state index in [1.54, 1.807) is 7.11 Å². The quantitative estimate of drug-likeness (QED) is 0.290. The van der Waals surface area contributed by atoms with Crippen molar-refractivity contribution in [3.8, 4) is 17.2 Å². The van der Waals surface area contributed by atoms with Crippen LogP contribution in [0.15, 0.2) is 48.0 Å². The summed E-state index contributed by atoms with van der Waals surface area (Å²) in [6.45, 7) is 12.0. The molecule has 0 spiro atoms. The molecule has 0 aliphatic carbocycles. The fourth-order valence-electron chi connectivity index (χ4n) is 6.65. The zero-order chi connectivity index (χ0) is 31.3. The molecular formula is C34H47N3O6. The first-order valence-electron chi connectivity index (χ1n) is 15.2. The summed E-state index contributed by atoms with van der Waals surface area (Å²) in [4.78, 5) is 31.1. The average Bonchev–Trinajstić information content (AvgIpc) is 3.56. The van der Waals surface area contributed by atoms with E-state index in [1.165, 1.54) is 5.57 Å². The summed E-state index contributed by atoms with van der Waals surface area (Å²) in [6, 6.07) is 11.1. The summed E-state index contributed by atoms with van der Waals surface area (Å²) in [7, 11) is 1.56. The summed E-state index contributed by atoms with van der Waals surface area (Å²) < 4.78 is 16.9. The minimum atomic E-state index is -0.881. The number of nitrogens with two attached hydrogens (primary N) is 1. The number of hydrogen-bond donors (Lipinski definition) is 2. The highest BCUT2D eigenvalue weighted by Gasteiger charge is 2.49. The van der Waals surface area contributed by atoms with Gasteiger partial charge in [0, 0.05) is 37.3 Å². The lowest BCUT2D eigenvalue weighted by molar-refractivity contribution is -0.143. The number of likely N-dealkylation sites (tertiary alicyclic amines) is 1. The summed E-state index contributed by atoms with van der Waals surface area (Å²) in [5.41, 5.74) is 9.36. The Kier molecular flexibility index (Phi) is 10.4. The third-order valence-corrected chi connectivity index (χ3v) is 8.39. The van der Waals surface area contributed by atoms with Crippen LogP contribution in [0.2, 0.25) is 0 Å². The number of anilines is 1. The maximum Gasteiger partial charge on any atom is 0.308 e. The van der Waals surface area contributed by atoms with Crippen LogP contribution >= 0.6 is 0 Å². The van der Waals surface area contributed by atoms with Crippen molar-refractivity contribution >= 4 is 17.6 Å². The molecule has 2 aliphatic rings. The normalized spacial score (nSPS) is 19.7. The molecule has 0 bridgehead atoms. The molecule has 1 amide bonds. The monoisotopic (exact) mass is 593 g/mol. The molecule has 4 rings (SSSR count). The molecule has 9 nitrogen and oxygen atoms in total. The van der Waals surface area contributed by atoms with E-state index in [2.05, 4.69) is 45.6 Å². The minimum absolute atomic E-state index is 0.0549. The predicted molar refractivity (Wildman–Crippen MR) is 168 cm³/mol. The molecular weight excluding hydrogens is 546 g/mol. The SMILES string of the molecule is CCCCN(C(=O)CN1C[C@H](c2cc(OC)c3c(c2)OCO3)C(C(=O)O)[C@@H]1CC(C)(C)C=C(C)C)c1cccc(CN)c1. The van der Waals surface area contributed by atoms with Gasteiger partial charge in [-0.15, -0.1) is 0 Å². The fraction of sp³-hybridized carbons (Fsp3) is 0.529. The highest BCUT2D eigenvalue weighted by atomic mass is 16.7. The molecule has 1 unspecified atom stereocenters. The van der Waals surface area contributed by atoms with Gasteiger partial charge in [0.2, 0.25) is 18.4 Å². The van der Waals surface area contributed by atoms with Crippen molar-refractivity contribution in [2.75, 3.05) is 38.4 Å². The second-order valence-electron chi connectivity index (χ2n) is 12.6. The highest BCUT2D eigenvalue weighted by Crippen LogP contribution is 2.48. The first kappa shape index (κ1) is 32.4. The van der Waals surface area contributed by atoms with Crippen molar-refractivity contribution in [3.63, 3.8) is 0 Å². The zero-order valence-electron chi connectivity index (χ0n) is 26.4. The highest BCUT2D eigenvalue weighted by molar-refractivity contribution is 5.95. The number of benzene rings is 2. The van der Waals surface area contributed by atoms with Gasteiger partial charge in [-0.05, 0) is 67.5 Å². The molecule has 0 saturated carbocycles. The van der Waals surface area contributed by atoms with E-state index in [9.17, 15) is 14.7 Å². The maximum absolute atomic E-state index is 14.1. The van der Waals surface area contributed by atoms with Crippen molar-refractivity contribution in [1.29, 1.82) is 0 Å². The number of rotatable bonds is 13. The molecule has 43 heavy (non-hydrogen) atoms. The van der Waals surface area contributed by atoms with Crippen molar-refractivity contribution in [2.45, 2.75) is 72.4 Å². The van der Waals surface area contributed by atoms with E-state index in [4.69, 9.17) is 19.9 Å². The van der Waals surface area contributed by atoms with Crippen molar-refractivity contribution in [3.05, 3.63) is 59.2 Å². The Balaban J connectivity index is 1.73. The number of unbranched alkanes of at least 4 members (excludes halogenated alkanes) is 1. The average molecular weight is 594 g/mol. The van der Waals surface area contributed by atoms with Crippen molar-refractivity contribution < 1.29 is 28.9 Å². The second kappa shape index (κ2) is 13.8. The molecule has 2 aromatic rings. The van der Waals surface area contributed by atoms with Gasteiger partial charge in [0.1, 0.15) is 0 Å². The van der Waals surface area contributed by atoms with Crippen LogP contribution in [0, 0.1) is 11.3 Å². The third kappa shape index (κ3) is 7.51. The lowest BCUT2D eigenvalue weighted by Crippen LogP contribution is -2.45. The van der Waals surface area contributed by atoms with Crippen LogP contribution in [0.25, 0.3) is 0 Å². The largest absolute Gasteiger partial charge is 0.493 e. The van der Waals surface area contributed by atoms with Gasteiger partial charge < -0.3 is 30.0 Å². The molecule has 2 aromatic carbocycles. The smallest absolute Gasteiger partial charge is 0.308 e. The lowest BCUT2D eigenvalue weighted by Gasteiger charge is -2.34. The molecule has 2 heterocycles. The first-order chi connectivity index (χ1) is 20.5. The van der Waals surface area contributed by atoms with Gasteiger partial charge in [-0.2, -0.15) is 0 Å². The van der Waals surface area contributed by atoms with Gasteiger partial charge in [-0.25, -0.2) is 0 Å². The molecule has 0 radical (unpaired) electrons. The minimum Gasteiger partial charge on any atom is -0.493 e. The predicted octanol–water partition coefficient (Wildman–Crippen LogP) is 5.57. The molecule has 2 aliphatic heterocycles. The molecule has 234 valence electrons. The number of nitrogens with zero attached hydrogens (tertiary/aromatic N) is 2. The van der Waals surface area contributed by atoms with E-state index in [-0.39, 0.29) is 36.6 Å². The van der Waals surface area contributed by atoms with Crippen molar-refractivity contribution in [1.82, 2.24) is 4.90 Å². The summed E-state index contributed by atoms with van der Waals surface area (Å²) in [6.07, 6.45) is 4.57. The number of ether oxygens (including phenoxy) is 3. The number of hydrogen-bond acceptors (Lipinski definition) is 7. The molecule has 3 atom stereocenters. The van der Waals surface area contributed by atoms with Gasteiger partial charge in [0.15, 0.2) is 11.5 Å². The number of carboxylic acids is 1. The number of aliphatic carboxylic acids is 1. The van der Waals surface area contributed by atoms with E-state index < -0.39 is 11.9 Å². The summed E-state index contributed by atoms with van der Waals surface area (Å²) in [5.74, 6) is -0.488. The molecule has 9 heteroatoms. The van der Waals surface area contributed by atoms with Crippen LogP contribution in [-0.2, 0) is 16.1 Å². The summed E-state index contributed by atoms with van der Waals surface area (Å²) in [5, 5.41) is 10.7. The molecule has 0 aromatic heterocycles. The van der Waals surface area contributed by atoms with Crippen LogP contribution < -0.4 is 24.8 Å². The maximum atomic E-state index is 14.1. The van der Waals surface area contributed by atoms with E-state index >= 15 is 0 Å². The van der Waals surface area contributed by atoms with E-state index in [1.807, 2.05) is 41.3 Å². The Morgan fingerprint density at radius 1 is 1.21 bits per heavy atom. The van der Waals surface area contributed by atoms with Gasteiger partial charge in [-0.1, -0.05) is 51.0 Å². The standard InChI is InChI=1S/C34H47N3O6/c1-7-8-12-37(25-11-9-10-23(13-25)18-35)30(38)20-36-19-26(24-14-28(41-6)32-29(15-24)42-21-43-32)31(33(39)40)27(36)17-34(4,5)16-22(2)3/h9-11,13-16,26-27,31H,7-8,12,17-21,35H2,1-6H3,(H,39,40)/t26-,27+,31?/m1/s1. The number of methoxy groups -OCH3 is 1. The van der Waals surface area contributed by atoms with Gasteiger partial charge in [0.25, 0.3) is 0 Å². The molecule has 1 saturated heterocycles. The van der Waals surface area contributed by atoms with Crippen LogP contribution in [-0.4, -0.2) is 61.5 Å². The van der Waals surface area contributed by atoms with E-state index in [0.29, 0.717) is 43.3 Å². The third-order valence-electron chi connectivity index (χ3n) is 8.39. The van der Waals surface area contributed by atoms with Crippen LogP contribution in [0.3, 0.4) is 0 Å². The summed E-state index contributed by atoms with van der Waals surface area (Å²) >= 11 is 0. The van der Waals surface area contributed by atoms with Crippen LogP contribution in [0.4, 0.5) is 5.69 Å². The number of amides is 1. The van der Waals surface area contributed by atoms with Crippen molar-refractivity contribution in [2.24, 2.45) is 17.1 Å². The zero-order valence-corrected chi connectivity index (χ0v) is 26.4. The Morgan fingerprint density at radius 3 is 2.63 bits per heavy atom. The van der Waals surface area contributed by atoms with Gasteiger partial charge in [0.05, 0.1) is 19.6 Å². The Bertz CT molecular complexity index is 1340. The second-order valence-corrected chi connectivity index (χ2v) is 12.6. The number of fused-ring (bicyclic) bond motifs is 1. The number of carbonyl (C=O) groups excluding carboxylic acids is 1. The number of allylic oxidation sites excluding steroid dienone is 2. The Hall–Kier alpha value is -3.56. The fourth-order valence-corrected chi connectivity index (χ4v) is 6.65. The Morgan fingerprint density at radius 2 is 1.98 bits per heavy atom. The van der Waals surface area contributed by atoms with Gasteiger partial charge in [-0.3, -0.25) is 14.5 Å². The molecule has 3 N–H and O–H groups in total. The topological polar surface area (TPSA) is 115 Å². The van der Waals surface area contributed by atoms with Crippen LogP contribution in [0.1, 0.15) is 70.9 Å². The first-order valence-corrected chi connectivity index (χ1v) is 15.2. The lowest BCUT2D eigenvalue weighted by atomic mass is 9.77. The number of carboxylic acid groups (broad SMARTS) is 1.